The van der Waals surface area contributed by atoms with Gasteiger partial charge < -0.3 is 15.8 Å². The maximum absolute atomic E-state index is 5.96. The summed E-state index contributed by atoms with van der Waals surface area (Å²) in [5, 5.41) is 3.39. The molecule has 100 valence electrons. The predicted molar refractivity (Wildman–Crippen MR) is 75.9 cm³/mol. The standard InChI is InChI=1S/C13H15ClN4O/c1-19-8-10-17-12(14)11(15)13(18-10)16-7-9-5-3-2-4-6-9/h2-6H,7-8,15H2,1H3,(H,16,17,18). The number of benzene rings is 1. The number of anilines is 2. The van der Waals surface area contributed by atoms with Gasteiger partial charge in [0.2, 0.25) is 0 Å². The molecule has 1 heterocycles. The van der Waals surface area contributed by atoms with Crippen LogP contribution in [0.25, 0.3) is 0 Å². The minimum Gasteiger partial charge on any atom is -0.393 e. The van der Waals surface area contributed by atoms with Gasteiger partial charge in [0, 0.05) is 13.7 Å². The van der Waals surface area contributed by atoms with Gasteiger partial charge in [0.1, 0.15) is 12.3 Å². The van der Waals surface area contributed by atoms with Gasteiger partial charge in [-0.05, 0) is 5.56 Å². The second-order valence-electron chi connectivity index (χ2n) is 3.97. The molecule has 0 aliphatic heterocycles. The Morgan fingerprint density at radius 3 is 2.68 bits per heavy atom. The van der Waals surface area contributed by atoms with E-state index >= 15 is 0 Å². The lowest BCUT2D eigenvalue weighted by molar-refractivity contribution is 0.178. The lowest BCUT2D eigenvalue weighted by atomic mass is 10.2. The molecule has 5 nitrogen and oxygen atoms in total. The monoisotopic (exact) mass is 278 g/mol. The largest absolute Gasteiger partial charge is 0.393 e. The molecular formula is C13H15ClN4O. The Kier molecular flexibility index (Phi) is 4.54. The number of nitrogens with one attached hydrogen (secondary N) is 1. The zero-order valence-corrected chi connectivity index (χ0v) is 11.3. The third-order valence-electron chi connectivity index (χ3n) is 2.52. The van der Waals surface area contributed by atoms with Gasteiger partial charge in [-0.15, -0.1) is 0 Å². The molecule has 19 heavy (non-hydrogen) atoms. The molecule has 0 saturated heterocycles. The molecule has 0 amide bonds. The summed E-state index contributed by atoms with van der Waals surface area (Å²) in [6, 6.07) is 9.95. The maximum Gasteiger partial charge on any atom is 0.158 e. The number of hydrogen-bond acceptors (Lipinski definition) is 5. The molecule has 0 unspecified atom stereocenters. The molecule has 3 N–H and O–H groups in total. The highest BCUT2D eigenvalue weighted by Gasteiger charge is 2.09. The molecule has 1 aromatic heterocycles. The van der Waals surface area contributed by atoms with Crippen molar-refractivity contribution in [3.05, 3.63) is 46.9 Å². The van der Waals surface area contributed by atoms with E-state index in [4.69, 9.17) is 22.1 Å². The molecule has 2 aromatic rings. The van der Waals surface area contributed by atoms with Crippen molar-refractivity contribution in [3.63, 3.8) is 0 Å². The molecule has 0 bridgehead atoms. The first-order valence-corrected chi connectivity index (χ1v) is 6.17. The summed E-state index contributed by atoms with van der Waals surface area (Å²) in [4.78, 5) is 8.32. The fourth-order valence-corrected chi connectivity index (χ4v) is 1.78. The Balaban J connectivity index is 2.15. The van der Waals surface area contributed by atoms with Crippen LogP contribution in [-0.2, 0) is 17.9 Å². The van der Waals surface area contributed by atoms with Gasteiger partial charge in [0.15, 0.2) is 16.8 Å². The third kappa shape index (κ3) is 3.56. The first-order chi connectivity index (χ1) is 9.20. The summed E-state index contributed by atoms with van der Waals surface area (Å²) in [6.45, 7) is 0.908. The highest BCUT2D eigenvalue weighted by Crippen LogP contribution is 2.24. The second-order valence-corrected chi connectivity index (χ2v) is 4.32. The first kappa shape index (κ1) is 13.6. The van der Waals surface area contributed by atoms with Crippen molar-refractivity contribution in [1.29, 1.82) is 0 Å². The lowest BCUT2D eigenvalue weighted by Gasteiger charge is -2.11. The van der Waals surface area contributed by atoms with Crippen LogP contribution in [0.5, 0.6) is 0 Å². The molecule has 1 aromatic carbocycles. The Hall–Kier alpha value is -1.85. The molecule has 0 spiro atoms. The van der Waals surface area contributed by atoms with Gasteiger partial charge in [-0.25, -0.2) is 9.97 Å². The van der Waals surface area contributed by atoms with Crippen LogP contribution < -0.4 is 11.1 Å². The quantitative estimate of drug-likeness (QED) is 0.822. The molecule has 0 radical (unpaired) electrons. The van der Waals surface area contributed by atoms with E-state index in [2.05, 4.69) is 15.3 Å². The van der Waals surface area contributed by atoms with Crippen LogP contribution >= 0.6 is 11.6 Å². The fraction of sp³-hybridized carbons (Fsp3) is 0.231. The van der Waals surface area contributed by atoms with Crippen LogP contribution in [-0.4, -0.2) is 17.1 Å². The van der Waals surface area contributed by atoms with E-state index in [0.29, 0.717) is 30.5 Å². The van der Waals surface area contributed by atoms with Gasteiger partial charge in [-0.1, -0.05) is 41.9 Å². The Bertz CT molecular complexity index is 548. The summed E-state index contributed by atoms with van der Waals surface area (Å²) in [7, 11) is 1.57. The molecule has 0 aliphatic carbocycles. The van der Waals surface area contributed by atoms with Crippen molar-refractivity contribution in [3.8, 4) is 0 Å². The van der Waals surface area contributed by atoms with Gasteiger partial charge in [-0.2, -0.15) is 0 Å². The summed E-state index contributed by atoms with van der Waals surface area (Å²) in [5.74, 6) is 1.02. The lowest BCUT2D eigenvalue weighted by Crippen LogP contribution is -2.09. The smallest absolute Gasteiger partial charge is 0.158 e. The van der Waals surface area contributed by atoms with E-state index in [1.165, 1.54) is 0 Å². The summed E-state index contributed by atoms with van der Waals surface area (Å²) in [6.07, 6.45) is 0. The normalized spacial score (nSPS) is 10.4. The zero-order valence-electron chi connectivity index (χ0n) is 10.6. The number of methoxy groups -OCH3 is 1. The van der Waals surface area contributed by atoms with Crippen molar-refractivity contribution in [2.45, 2.75) is 13.2 Å². The van der Waals surface area contributed by atoms with Crippen molar-refractivity contribution >= 4 is 23.1 Å². The average Bonchev–Trinajstić information content (AvgIpc) is 2.42. The molecule has 0 saturated carbocycles. The second kappa shape index (κ2) is 6.36. The minimum atomic E-state index is 0.234. The van der Waals surface area contributed by atoms with Gasteiger partial charge in [0.25, 0.3) is 0 Å². The van der Waals surface area contributed by atoms with Crippen LogP contribution in [0.3, 0.4) is 0 Å². The number of nitrogens with two attached hydrogens (primary N) is 1. The van der Waals surface area contributed by atoms with E-state index in [9.17, 15) is 0 Å². The number of rotatable bonds is 5. The highest BCUT2D eigenvalue weighted by atomic mass is 35.5. The van der Waals surface area contributed by atoms with E-state index in [1.807, 2.05) is 30.3 Å². The Morgan fingerprint density at radius 1 is 1.26 bits per heavy atom. The molecule has 0 fully saturated rings. The van der Waals surface area contributed by atoms with Gasteiger partial charge >= 0.3 is 0 Å². The number of halogens is 1. The van der Waals surface area contributed by atoms with Crippen LogP contribution in [0.1, 0.15) is 11.4 Å². The SMILES string of the molecule is COCc1nc(Cl)c(N)c(NCc2ccccc2)n1. The number of nitrogens with zero attached hydrogens (tertiary/aromatic N) is 2. The van der Waals surface area contributed by atoms with Crippen molar-refractivity contribution in [2.75, 3.05) is 18.2 Å². The number of aromatic nitrogens is 2. The molecule has 0 atom stereocenters. The maximum atomic E-state index is 5.96. The van der Waals surface area contributed by atoms with Crippen molar-refractivity contribution in [2.24, 2.45) is 0 Å². The minimum absolute atomic E-state index is 0.234. The van der Waals surface area contributed by atoms with Crippen molar-refractivity contribution < 1.29 is 4.74 Å². The van der Waals surface area contributed by atoms with E-state index in [1.54, 1.807) is 7.11 Å². The van der Waals surface area contributed by atoms with Crippen molar-refractivity contribution in [1.82, 2.24) is 9.97 Å². The highest BCUT2D eigenvalue weighted by molar-refractivity contribution is 6.32. The van der Waals surface area contributed by atoms with E-state index in [0.717, 1.165) is 5.56 Å². The summed E-state index contributed by atoms with van der Waals surface area (Å²) >= 11 is 5.96. The molecule has 2 rings (SSSR count). The number of ether oxygens (including phenoxy) is 1. The number of hydrogen-bond donors (Lipinski definition) is 2. The predicted octanol–water partition coefficient (Wildman–Crippen LogP) is 2.47. The van der Waals surface area contributed by atoms with Crippen LogP contribution in [0.2, 0.25) is 5.15 Å². The summed E-state index contributed by atoms with van der Waals surface area (Å²) < 4.78 is 4.99. The van der Waals surface area contributed by atoms with Crippen LogP contribution in [0.4, 0.5) is 11.5 Å². The molecular weight excluding hydrogens is 264 g/mol. The van der Waals surface area contributed by atoms with Gasteiger partial charge in [-0.3, -0.25) is 0 Å². The fourth-order valence-electron chi connectivity index (χ4n) is 1.60. The Morgan fingerprint density at radius 2 is 2.00 bits per heavy atom. The first-order valence-electron chi connectivity index (χ1n) is 5.79. The molecule has 0 aliphatic rings. The van der Waals surface area contributed by atoms with E-state index in [-0.39, 0.29) is 5.15 Å². The summed E-state index contributed by atoms with van der Waals surface area (Å²) in [5.41, 5.74) is 7.33. The Labute approximate surface area is 116 Å². The van der Waals surface area contributed by atoms with Gasteiger partial charge in [0.05, 0.1) is 0 Å². The average molecular weight is 279 g/mol. The topological polar surface area (TPSA) is 73.1 Å². The zero-order chi connectivity index (χ0) is 13.7. The van der Waals surface area contributed by atoms with Crippen LogP contribution in [0, 0.1) is 0 Å². The number of nitrogen functional groups attached to an aromatic ring is 1. The van der Waals surface area contributed by atoms with E-state index < -0.39 is 0 Å². The third-order valence-corrected chi connectivity index (χ3v) is 2.81. The molecule has 6 heteroatoms. The van der Waals surface area contributed by atoms with Crippen LogP contribution in [0.15, 0.2) is 30.3 Å².